The standard InChI is InChI=1S/C25H23ClN2OS/c1-17(2)20-13-11-18(12-14-20)15-23(29)28(16-19-7-4-3-5-8-19)25-27-24-21(26)9-6-10-22(24)30-25/h3-14,17H,15-16H2,1-2H3. The molecule has 1 heterocycles. The predicted octanol–water partition coefficient (Wildman–Crippen LogP) is 6.85. The van der Waals surface area contributed by atoms with Crippen molar-refractivity contribution in [1.29, 1.82) is 0 Å². The number of para-hydroxylation sites is 1. The van der Waals surface area contributed by atoms with E-state index in [0.717, 1.165) is 21.3 Å². The second-order valence-electron chi connectivity index (χ2n) is 7.62. The normalized spacial score (nSPS) is 11.2. The fourth-order valence-electron chi connectivity index (χ4n) is 3.34. The van der Waals surface area contributed by atoms with Gasteiger partial charge < -0.3 is 0 Å². The van der Waals surface area contributed by atoms with Crippen LogP contribution in [0.25, 0.3) is 10.2 Å². The first kappa shape index (κ1) is 20.6. The predicted molar refractivity (Wildman–Crippen MR) is 126 cm³/mol. The van der Waals surface area contributed by atoms with Gasteiger partial charge in [-0.1, -0.05) is 97.4 Å². The van der Waals surface area contributed by atoms with Gasteiger partial charge in [0.15, 0.2) is 5.13 Å². The number of nitrogens with zero attached hydrogens (tertiary/aromatic N) is 2. The molecule has 4 rings (SSSR count). The molecule has 0 fully saturated rings. The van der Waals surface area contributed by atoms with Crippen molar-refractivity contribution >= 4 is 44.2 Å². The molecule has 0 aliphatic rings. The lowest BCUT2D eigenvalue weighted by molar-refractivity contribution is -0.118. The third-order valence-corrected chi connectivity index (χ3v) is 6.42. The third-order valence-electron chi connectivity index (χ3n) is 5.08. The number of rotatable bonds is 6. The van der Waals surface area contributed by atoms with E-state index in [1.165, 1.54) is 16.9 Å². The van der Waals surface area contributed by atoms with Gasteiger partial charge in [-0.2, -0.15) is 0 Å². The van der Waals surface area contributed by atoms with E-state index >= 15 is 0 Å². The Kier molecular flexibility index (Phi) is 6.16. The summed E-state index contributed by atoms with van der Waals surface area (Å²) in [6, 6.07) is 24.0. The molecule has 3 aromatic carbocycles. The van der Waals surface area contributed by atoms with Crippen LogP contribution in [0.1, 0.15) is 36.5 Å². The van der Waals surface area contributed by atoms with Crippen LogP contribution in [0.15, 0.2) is 72.8 Å². The van der Waals surface area contributed by atoms with E-state index in [9.17, 15) is 4.79 Å². The van der Waals surface area contributed by atoms with Crippen LogP contribution in [0, 0.1) is 0 Å². The highest BCUT2D eigenvalue weighted by Gasteiger charge is 2.21. The van der Waals surface area contributed by atoms with Gasteiger partial charge in [0, 0.05) is 0 Å². The monoisotopic (exact) mass is 434 g/mol. The van der Waals surface area contributed by atoms with Crippen molar-refractivity contribution in [2.45, 2.75) is 32.7 Å². The minimum Gasteiger partial charge on any atom is -0.283 e. The summed E-state index contributed by atoms with van der Waals surface area (Å²) in [7, 11) is 0. The molecular formula is C25H23ClN2OS. The summed E-state index contributed by atoms with van der Waals surface area (Å²) in [5.74, 6) is 0.489. The summed E-state index contributed by atoms with van der Waals surface area (Å²) < 4.78 is 0.977. The van der Waals surface area contributed by atoms with Crippen LogP contribution in [0.4, 0.5) is 5.13 Å². The maximum absolute atomic E-state index is 13.4. The highest BCUT2D eigenvalue weighted by atomic mass is 35.5. The van der Waals surface area contributed by atoms with Crippen LogP contribution < -0.4 is 4.90 Å². The smallest absolute Gasteiger partial charge is 0.233 e. The molecule has 152 valence electrons. The Morgan fingerprint density at radius 3 is 2.37 bits per heavy atom. The molecule has 0 bridgehead atoms. The van der Waals surface area contributed by atoms with Crippen molar-refractivity contribution in [2.24, 2.45) is 0 Å². The molecular weight excluding hydrogens is 412 g/mol. The lowest BCUT2D eigenvalue weighted by Crippen LogP contribution is -2.31. The van der Waals surface area contributed by atoms with Crippen LogP contribution in [0.5, 0.6) is 0 Å². The molecule has 0 aliphatic heterocycles. The second-order valence-corrected chi connectivity index (χ2v) is 9.04. The number of carbonyl (C=O) groups is 1. The molecule has 0 aliphatic carbocycles. The van der Waals surface area contributed by atoms with E-state index in [0.29, 0.717) is 29.0 Å². The van der Waals surface area contributed by atoms with Gasteiger partial charge in [0.05, 0.1) is 22.7 Å². The molecule has 0 saturated heterocycles. The highest BCUT2D eigenvalue weighted by molar-refractivity contribution is 7.22. The maximum Gasteiger partial charge on any atom is 0.233 e. The molecule has 3 nitrogen and oxygen atoms in total. The van der Waals surface area contributed by atoms with Crippen molar-refractivity contribution in [3.05, 3.63) is 94.5 Å². The molecule has 0 saturated carbocycles. The number of halogens is 1. The molecule has 0 radical (unpaired) electrons. The van der Waals surface area contributed by atoms with Crippen molar-refractivity contribution < 1.29 is 4.79 Å². The summed E-state index contributed by atoms with van der Waals surface area (Å²) >= 11 is 7.82. The van der Waals surface area contributed by atoms with E-state index in [4.69, 9.17) is 16.6 Å². The van der Waals surface area contributed by atoms with E-state index in [1.807, 2.05) is 60.7 Å². The zero-order valence-electron chi connectivity index (χ0n) is 17.0. The van der Waals surface area contributed by atoms with Gasteiger partial charge in [0.2, 0.25) is 5.91 Å². The van der Waals surface area contributed by atoms with Crippen molar-refractivity contribution in [2.75, 3.05) is 4.90 Å². The van der Waals surface area contributed by atoms with E-state index < -0.39 is 0 Å². The fraction of sp³-hybridized carbons (Fsp3) is 0.200. The number of carbonyl (C=O) groups excluding carboxylic acids is 1. The molecule has 0 atom stereocenters. The topological polar surface area (TPSA) is 33.2 Å². The first-order chi connectivity index (χ1) is 14.5. The van der Waals surface area contributed by atoms with Crippen molar-refractivity contribution in [1.82, 2.24) is 4.98 Å². The van der Waals surface area contributed by atoms with Gasteiger partial charge in [-0.05, 0) is 34.7 Å². The number of anilines is 1. The lowest BCUT2D eigenvalue weighted by atomic mass is 10.0. The Bertz CT molecular complexity index is 1150. The van der Waals surface area contributed by atoms with Crippen LogP contribution in [0.3, 0.4) is 0 Å². The van der Waals surface area contributed by atoms with Gasteiger partial charge in [-0.25, -0.2) is 4.98 Å². The summed E-state index contributed by atoms with van der Waals surface area (Å²) in [5, 5.41) is 1.28. The first-order valence-corrected chi connectivity index (χ1v) is 11.2. The van der Waals surface area contributed by atoms with Crippen LogP contribution in [0.2, 0.25) is 5.02 Å². The number of aromatic nitrogens is 1. The van der Waals surface area contributed by atoms with Gasteiger partial charge in [0.1, 0.15) is 5.52 Å². The zero-order valence-corrected chi connectivity index (χ0v) is 18.6. The number of thiazole rings is 1. The first-order valence-electron chi connectivity index (χ1n) is 9.99. The highest BCUT2D eigenvalue weighted by Crippen LogP contribution is 2.33. The van der Waals surface area contributed by atoms with E-state index in [2.05, 4.69) is 26.0 Å². The number of fused-ring (bicyclic) bond motifs is 1. The Hall–Kier alpha value is -2.69. The Morgan fingerprint density at radius 2 is 1.70 bits per heavy atom. The average molecular weight is 435 g/mol. The second kappa shape index (κ2) is 8.99. The third kappa shape index (κ3) is 4.55. The zero-order chi connectivity index (χ0) is 21.1. The van der Waals surface area contributed by atoms with E-state index in [-0.39, 0.29) is 5.91 Å². The summed E-state index contributed by atoms with van der Waals surface area (Å²) in [6.45, 7) is 4.81. The van der Waals surface area contributed by atoms with Gasteiger partial charge in [-0.3, -0.25) is 9.69 Å². The molecule has 0 unspecified atom stereocenters. The summed E-state index contributed by atoms with van der Waals surface area (Å²) in [6.07, 6.45) is 0.328. The van der Waals surface area contributed by atoms with Crippen LogP contribution in [-0.4, -0.2) is 10.9 Å². The number of hydrogen-bond acceptors (Lipinski definition) is 3. The molecule has 0 N–H and O–H groups in total. The minimum atomic E-state index is 0.0197. The van der Waals surface area contributed by atoms with Crippen LogP contribution in [-0.2, 0) is 17.8 Å². The Balaban J connectivity index is 1.65. The summed E-state index contributed by atoms with van der Waals surface area (Å²) in [5.41, 5.74) is 4.08. The number of amides is 1. The van der Waals surface area contributed by atoms with Crippen molar-refractivity contribution in [3.8, 4) is 0 Å². The lowest BCUT2D eigenvalue weighted by Gasteiger charge is -2.20. The summed E-state index contributed by atoms with van der Waals surface area (Å²) in [4.78, 5) is 19.8. The van der Waals surface area contributed by atoms with Crippen LogP contribution >= 0.6 is 22.9 Å². The molecule has 0 spiro atoms. The molecule has 4 aromatic rings. The van der Waals surface area contributed by atoms with Gasteiger partial charge >= 0.3 is 0 Å². The number of benzene rings is 3. The van der Waals surface area contributed by atoms with Gasteiger partial charge in [0.25, 0.3) is 0 Å². The maximum atomic E-state index is 13.4. The Morgan fingerprint density at radius 1 is 0.967 bits per heavy atom. The Labute approximate surface area is 186 Å². The quantitative estimate of drug-likeness (QED) is 0.332. The molecule has 1 amide bonds. The minimum absolute atomic E-state index is 0.0197. The number of hydrogen-bond donors (Lipinski definition) is 0. The molecule has 5 heteroatoms. The largest absolute Gasteiger partial charge is 0.283 e. The van der Waals surface area contributed by atoms with E-state index in [1.54, 1.807) is 4.90 Å². The SMILES string of the molecule is CC(C)c1ccc(CC(=O)N(Cc2ccccc2)c2nc3c(Cl)cccc3s2)cc1. The van der Waals surface area contributed by atoms with Gasteiger partial charge in [-0.15, -0.1) is 0 Å². The van der Waals surface area contributed by atoms with Crippen molar-refractivity contribution in [3.63, 3.8) is 0 Å². The fourth-order valence-corrected chi connectivity index (χ4v) is 4.62. The molecule has 30 heavy (non-hydrogen) atoms. The average Bonchev–Trinajstić information content (AvgIpc) is 3.18. The molecule has 1 aromatic heterocycles.